The summed E-state index contributed by atoms with van der Waals surface area (Å²) in [4.78, 5) is 17.7. The van der Waals surface area contributed by atoms with Crippen LogP contribution in [0.2, 0.25) is 0 Å². The number of quaternary nitrogens is 2. The number of benzene rings is 1. The Morgan fingerprint density at radius 1 is 1.13 bits per heavy atom. The Hall–Kier alpha value is -1.74. The number of nitrogens with zero attached hydrogens (tertiary/aromatic N) is 1. The van der Waals surface area contributed by atoms with Crippen molar-refractivity contribution in [3.05, 3.63) is 29.3 Å². The van der Waals surface area contributed by atoms with E-state index in [1.807, 2.05) is 19.1 Å². The van der Waals surface area contributed by atoms with E-state index < -0.39 is 0 Å². The van der Waals surface area contributed by atoms with Crippen molar-refractivity contribution in [2.45, 2.75) is 20.3 Å². The topological polar surface area (TPSA) is 62.5 Å². The molecule has 0 spiro atoms. The number of morpholine rings is 1. The van der Waals surface area contributed by atoms with Crippen LogP contribution in [0.3, 0.4) is 0 Å². The minimum absolute atomic E-state index is 0.0819. The van der Waals surface area contributed by atoms with Gasteiger partial charge < -0.3 is 30.1 Å². The second-order valence-corrected chi connectivity index (χ2v) is 8.79. The summed E-state index contributed by atoms with van der Waals surface area (Å²) in [5, 5.41) is 7.34. The lowest BCUT2D eigenvalue weighted by molar-refractivity contribution is -0.908. The first kappa shape index (κ1) is 22.9. The molecule has 2 aliphatic heterocycles. The fourth-order valence-electron chi connectivity index (χ4n) is 4.07. The molecule has 0 saturated carbocycles. The molecule has 2 heterocycles. The molecule has 1 aromatic rings. The average Bonchev–Trinajstić information content (AvgIpc) is 2.75. The van der Waals surface area contributed by atoms with Crippen molar-refractivity contribution < 1.29 is 19.3 Å². The van der Waals surface area contributed by atoms with Crippen LogP contribution in [-0.4, -0.2) is 88.0 Å². The fourth-order valence-corrected chi connectivity index (χ4v) is 4.35. The molecule has 166 valence electrons. The highest BCUT2D eigenvalue weighted by Crippen LogP contribution is 2.17. The van der Waals surface area contributed by atoms with Gasteiger partial charge in [-0.15, -0.1) is 0 Å². The summed E-state index contributed by atoms with van der Waals surface area (Å²) in [5.41, 5.74) is 3.25. The van der Waals surface area contributed by atoms with Crippen molar-refractivity contribution in [3.63, 3.8) is 0 Å². The number of aryl methyl sites for hydroxylation is 1. The Morgan fingerprint density at radius 3 is 2.60 bits per heavy atom. The van der Waals surface area contributed by atoms with Gasteiger partial charge in [0.25, 0.3) is 5.91 Å². The van der Waals surface area contributed by atoms with Gasteiger partial charge in [0, 0.05) is 18.7 Å². The maximum Gasteiger partial charge on any atom is 0.279 e. The summed E-state index contributed by atoms with van der Waals surface area (Å²) >= 11 is 5.58. The molecule has 2 aliphatic rings. The van der Waals surface area contributed by atoms with Crippen LogP contribution in [0.5, 0.6) is 0 Å². The van der Waals surface area contributed by atoms with Gasteiger partial charge in [-0.1, -0.05) is 12.1 Å². The zero-order valence-electron chi connectivity index (χ0n) is 18.4. The van der Waals surface area contributed by atoms with Crippen LogP contribution in [0.25, 0.3) is 0 Å². The lowest BCUT2D eigenvalue weighted by Crippen LogP contribution is -3.15. The minimum Gasteiger partial charge on any atom is -0.370 e. The van der Waals surface area contributed by atoms with E-state index in [2.05, 4.69) is 28.5 Å². The number of hydrogen-bond acceptors (Lipinski definition) is 3. The molecule has 1 amide bonds. The number of carbonyl (C=O) groups excluding carboxylic acids is 1. The summed E-state index contributed by atoms with van der Waals surface area (Å²) in [5.74, 6) is 0.0819. The van der Waals surface area contributed by atoms with Gasteiger partial charge in [0.2, 0.25) is 0 Å². The predicted octanol–water partition coefficient (Wildman–Crippen LogP) is -1.38. The number of piperazine rings is 1. The number of amides is 1. The van der Waals surface area contributed by atoms with Gasteiger partial charge >= 0.3 is 0 Å². The number of nitrogens with one attached hydrogen (secondary N) is 4. The second kappa shape index (κ2) is 11.6. The van der Waals surface area contributed by atoms with Crippen LogP contribution in [0.15, 0.2) is 18.2 Å². The molecule has 0 bridgehead atoms. The smallest absolute Gasteiger partial charge is 0.279 e. The number of ether oxygens (including phenoxy) is 1. The molecule has 30 heavy (non-hydrogen) atoms. The van der Waals surface area contributed by atoms with E-state index in [1.165, 1.54) is 17.0 Å². The number of carbonyl (C=O) groups is 1. The number of rotatable bonds is 7. The van der Waals surface area contributed by atoms with Crippen LogP contribution in [0.4, 0.5) is 5.69 Å². The Labute approximate surface area is 185 Å². The molecule has 8 heteroatoms. The minimum atomic E-state index is 0.0819. The van der Waals surface area contributed by atoms with Crippen molar-refractivity contribution >= 4 is 28.9 Å². The van der Waals surface area contributed by atoms with Crippen molar-refractivity contribution in [1.82, 2.24) is 10.2 Å². The van der Waals surface area contributed by atoms with Gasteiger partial charge in [-0.3, -0.25) is 4.79 Å². The van der Waals surface area contributed by atoms with Crippen molar-refractivity contribution in [2.75, 3.05) is 77.4 Å². The Balaban J connectivity index is 1.31. The molecule has 0 aliphatic carbocycles. The van der Waals surface area contributed by atoms with Crippen LogP contribution in [0, 0.1) is 13.8 Å². The normalized spacial score (nSPS) is 18.3. The molecule has 0 atom stereocenters. The molecule has 0 unspecified atom stereocenters. The monoisotopic (exact) mass is 435 g/mol. The zero-order valence-corrected chi connectivity index (χ0v) is 19.2. The highest BCUT2D eigenvalue weighted by atomic mass is 32.1. The van der Waals surface area contributed by atoms with Gasteiger partial charge in [0.15, 0.2) is 11.7 Å². The lowest BCUT2D eigenvalue weighted by atomic mass is 10.1. The summed E-state index contributed by atoms with van der Waals surface area (Å²) in [6.45, 7) is 14.4. The third kappa shape index (κ3) is 6.91. The molecular weight excluding hydrogens is 398 g/mol. The highest BCUT2D eigenvalue weighted by molar-refractivity contribution is 7.80. The van der Waals surface area contributed by atoms with Crippen LogP contribution >= 0.6 is 12.2 Å². The number of hydrogen-bond donors (Lipinski definition) is 4. The first-order valence-corrected chi connectivity index (χ1v) is 11.6. The largest absolute Gasteiger partial charge is 0.370 e. The van der Waals surface area contributed by atoms with Gasteiger partial charge in [-0.25, -0.2) is 0 Å². The van der Waals surface area contributed by atoms with Crippen LogP contribution in [-0.2, 0) is 9.53 Å². The molecule has 1 aromatic carbocycles. The Morgan fingerprint density at radius 2 is 1.87 bits per heavy atom. The molecular formula is C22H37N5O2S+2. The molecule has 0 aromatic heterocycles. The van der Waals surface area contributed by atoms with E-state index in [0.717, 1.165) is 81.8 Å². The number of anilines is 1. The lowest BCUT2D eigenvalue weighted by Gasteiger charge is -2.33. The Kier molecular flexibility index (Phi) is 8.87. The van der Waals surface area contributed by atoms with Crippen LogP contribution < -0.4 is 20.4 Å². The molecule has 4 N–H and O–H groups in total. The third-order valence-corrected chi connectivity index (χ3v) is 6.63. The van der Waals surface area contributed by atoms with Crippen molar-refractivity contribution in [3.8, 4) is 0 Å². The standard InChI is InChI=1S/C22H35N5O2S/c1-18-5-3-6-20(19(18)2)24-21(28)17-26-9-11-27(12-10-26)22(30)23-7-4-8-25-13-15-29-16-14-25/h3,5-6H,4,7-17H2,1-2H3,(H,23,30)(H,24,28)/p+2. The molecule has 3 rings (SSSR count). The van der Waals surface area contributed by atoms with E-state index in [9.17, 15) is 4.79 Å². The number of thiocarbonyl (C=S) groups is 1. The fraction of sp³-hybridized carbons (Fsp3) is 0.636. The first-order chi connectivity index (χ1) is 14.5. The summed E-state index contributed by atoms with van der Waals surface area (Å²) in [7, 11) is 0. The first-order valence-electron chi connectivity index (χ1n) is 11.2. The molecule has 7 nitrogen and oxygen atoms in total. The summed E-state index contributed by atoms with van der Waals surface area (Å²) < 4.78 is 5.40. The maximum absolute atomic E-state index is 12.5. The van der Waals surface area contributed by atoms with E-state index in [1.54, 1.807) is 4.90 Å². The summed E-state index contributed by atoms with van der Waals surface area (Å²) in [6, 6.07) is 6.02. The predicted molar refractivity (Wildman–Crippen MR) is 123 cm³/mol. The van der Waals surface area contributed by atoms with Gasteiger partial charge in [0.05, 0.1) is 45.9 Å². The highest BCUT2D eigenvalue weighted by Gasteiger charge is 2.24. The van der Waals surface area contributed by atoms with E-state index in [4.69, 9.17) is 17.0 Å². The van der Waals surface area contributed by atoms with Gasteiger partial charge in [0.1, 0.15) is 13.1 Å². The zero-order chi connectivity index (χ0) is 21.3. The maximum atomic E-state index is 12.5. The molecule has 0 radical (unpaired) electrons. The SMILES string of the molecule is Cc1cccc(NC(=O)C[NH+]2CCN(C(=S)NCCC[NH+]3CCOCC3)CC2)c1C. The Bertz CT molecular complexity index is 715. The third-order valence-electron chi connectivity index (χ3n) is 6.23. The second-order valence-electron chi connectivity index (χ2n) is 8.41. The summed E-state index contributed by atoms with van der Waals surface area (Å²) in [6.07, 6.45) is 1.12. The van der Waals surface area contributed by atoms with E-state index in [-0.39, 0.29) is 5.91 Å². The molecule has 2 fully saturated rings. The quantitative estimate of drug-likeness (QED) is 0.314. The van der Waals surface area contributed by atoms with Crippen LogP contribution in [0.1, 0.15) is 17.5 Å². The van der Waals surface area contributed by atoms with E-state index in [0.29, 0.717) is 6.54 Å². The van der Waals surface area contributed by atoms with Gasteiger partial charge in [-0.2, -0.15) is 0 Å². The molecule has 2 saturated heterocycles. The van der Waals surface area contributed by atoms with Crippen molar-refractivity contribution in [1.29, 1.82) is 0 Å². The average molecular weight is 436 g/mol. The van der Waals surface area contributed by atoms with E-state index >= 15 is 0 Å². The van der Waals surface area contributed by atoms with Crippen molar-refractivity contribution in [2.24, 2.45) is 0 Å². The van der Waals surface area contributed by atoms with Gasteiger partial charge in [-0.05, 0) is 43.3 Å².